The Labute approximate surface area is 135 Å². The largest absolute Gasteiger partial charge is 0.283 e. The topological polar surface area (TPSA) is 90.1 Å². The number of carbonyl (C=O) groups is 1. The fourth-order valence-corrected chi connectivity index (χ4v) is 2.74. The molecule has 1 amide bonds. The highest BCUT2D eigenvalue weighted by atomic mass is 32.2. The molecule has 2 aromatic carbocycles. The summed E-state index contributed by atoms with van der Waals surface area (Å²) < 4.78 is 1.49. The molecule has 3 aromatic rings. The van der Waals surface area contributed by atoms with Crippen LogP contribution in [-0.2, 0) is 0 Å². The van der Waals surface area contributed by atoms with Crippen molar-refractivity contribution in [3.05, 3.63) is 64.5 Å². The molecule has 0 aliphatic rings. The maximum atomic E-state index is 12.3. The normalized spacial score (nSPS) is 10.7. The molecule has 0 unspecified atom stereocenters. The van der Waals surface area contributed by atoms with Crippen molar-refractivity contribution in [2.75, 3.05) is 11.7 Å². The summed E-state index contributed by atoms with van der Waals surface area (Å²) in [4.78, 5) is 27.6. The number of imidazole rings is 1. The van der Waals surface area contributed by atoms with Crippen LogP contribution >= 0.6 is 11.8 Å². The van der Waals surface area contributed by atoms with Crippen LogP contribution in [0, 0.1) is 10.1 Å². The van der Waals surface area contributed by atoms with Gasteiger partial charge in [0.1, 0.15) is 6.33 Å². The van der Waals surface area contributed by atoms with Crippen molar-refractivity contribution in [2.24, 2.45) is 0 Å². The van der Waals surface area contributed by atoms with E-state index in [0.717, 1.165) is 11.0 Å². The van der Waals surface area contributed by atoms with Crippen LogP contribution in [0.4, 0.5) is 5.69 Å². The zero-order valence-corrected chi connectivity index (χ0v) is 12.9. The summed E-state index contributed by atoms with van der Waals surface area (Å²) in [6.07, 6.45) is 3.24. The summed E-state index contributed by atoms with van der Waals surface area (Å²) in [5.74, 6) is -0.441. The minimum atomic E-state index is -0.491. The molecule has 1 N–H and O–H groups in total. The Hall–Kier alpha value is -2.87. The number of nitro groups is 1. The molecule has 116 valence electrons. The van der Waals surface area contributed by atoms with Crippen LogP contribution in [0.25, 0.3) is 11.0 Å². The first kappa shape index (κ1) is 15.0. The third-order valence-corrected chi connectivity index (χ3v) is 4.10. The summed E-state index contributed by atoms with van der Waals surface area (Å²) in [5, 5.41) is 11.1. The number of nitrogens with one attached hydrogen (secondary N) is 1. The van der Waals surface area contributed by atoms with Gasteiger partial charge in [-0.15, -0.1) is 11.8 Å². The number of aromatic nitrogens is 2. The van der Waals surface area contributed by atoms with E-state index in [9.17, 15) is 14.9 Å². The predicted octanol–water partition coefficient (Wildman–Crippen LogP) is 3.05. The molecule has 0 atom stereocenters. The number of thioether (sulfide) groups is 1. The molecule has 0 fully saturated rings. The van der Waals surface area contributed by atoms with Crippen molar-refractivity contribution in [1.82, 2.24) is 9.66 Å². The summed E-state index contributed by atoms with van der Waals surface area (Å²) in [6.45, 7) is 0. The Morgan fingerprint density at radius 3 is 2.83 bits per heavy atom. The van der Waals surface area contributed by atoms with Gasteiger partial charge < -0.3 is 0 Å². The second-order valence-electron chi connectivity index (χ2n) is 4.69. The number of fused-ring (bicyclic) bond motifs is 1. The van der Waals surface area contributed by atoms with E-state index in [2.05, 4.69) is 10.4 Å². The number of hydrogen-bond donors (Lipinski definition) is 1. The lowest BCUT2D eigenvalue weighted by molar-refractivity contribution is -0.387. The number of rotatable bonds is 4. The molecule has 7 nitrogen and oxygen atoms in total. The van der Waals surface area contributed by atoms with Gasteiger partial charge in [-0.05, 0) is 30.5 Å². The summed E-state index contributed by atoms with van der Waals surface area (Å²) in [6, 6.07) is 11.8. The van der Waals surface area contributed by atoms with E-state index < -0.39 is 10.8 Å². The number of para-hydroxylation sites is 2. The van der Waals surface area contributed by atoms with Crippen molar-refractivity contribution in [2.45, 2.75) is 4.90 Å². The minimum absolute atomic E-state index is 0.0827. The maximum absolute atomic E-state index is 12.3. The molecule has 0 saturated heterocycles. The zero-order valence-electron chi connectivity index (χ0n) is 12.1. The minimum Gasteiger partial charge on any atom is -0.267 e. The van der Waals surface area contributed by atoms with E-state index in [0.29, 0.717) is 4.90 Å². The molecule has 0 aliphatic heterocycles. The van der Waals surface area contributed by atoms with Crippen molar-refractivity contribution in [1.29, 1.82) is 0 Å². The predicted molar refractivity (Wildman–Crippen MR) is 88.3 cm³/mol. The van der Waals surface area contributed by atoms with E-state index in [1.54, 1.807) is 18.4 Å². The van der Waals surface area contributed by atoms with E-state index in [1.165, 1.54) is 28.8 Å². The molecule has 0 bridgehead atoms. The number of benzene rings is 2. The fourth-order valence-electron chi connectivity index (χ4n) is 2.20. The van der Waals surface area contributed by atoms with Crippen molar-refractivity contribution in [3.8, 4) is 0 Å². The van der Waals surface area contributed by atoms with Gasteiger partial charge in [0.15, 0.2) is 0 Å². The lowest BCUT2D eigenvalue weighted by Gasteiger charge is -2.08. The molecule has 0 radical (unpaired) electrons. The third-order valence-electron chi connectivity index (χ3n) is 3.31. The molecule has 1 heterocycles. The quantitative estimate of drug-likeness (QED) is 0.451. The van der Waals surface area contributed by atoms with Gasteiger partial charge in [0, 0.05) is 11.6 Å². The lowest BCUT2D eigenvalue weighted by Crippen LogP contribution is -2.22. The van der Waals surface area contributed by atoms with Gasteiger partial charge in [0.2, 0.25) is 0 Å². The van der Waals surface area contributed by atoms with Crippen molar-refractivity contribution in [3.63, 3.8) is 0 Å². The van der Waals surface area contributed by atoms with Gasteiger partial charge in [0.25, 0.3) is 11.6 Å². The second-order valence-corrected chi connectivity index (χ2v) is 5.54. The van der Waals surface area contributed by atoms with Gasteiger partial charge in [-0.1, -0.05) is 12.1 Å². The van der Waals surface area contributed by atoms with Crippen LogP contribution in [0.1, 0.15) is 10.4 Å². The Morgan fingerprint density at radius 2 is 2.09 bits per heavy atom. The highest BCUT2D eigenvalue weighted by Gasteiger charge is 2.17. The van der Waals surface area contributed by atoms with Gasteiger partial charge >= 0.3 is 0 Å². The Bertz CT molecular complexity index is 907. The summed E-state index contributed by atoms with van der Waals surface area (Å²) in [7, 11) is 0. The van der Waals surface area contributed by atoms with Crippen LogP contribution in [-0.4, -0.2) is 26.7 Å². The van der Waals surface area contributed by atoms with Crippen LogP contribution in [0.3, 0.4) is 0 Å². The second kappa shape index (κ2) is 6.09. The number of carbonyl (C=O) groups excluding carboxylic acids is 1. The van der Waals surface area contributed by atoms with Gasteiger partial charge in [-0.3, -0.25) is 20.3 Å². The van der Waals surface area contributed by atoms with Gasteiger partial charge in [-0.2, -0.15) is 0 Å². The number of amides is 1. The molecule has 0 aliphatic carbocycles. The van der Waals surface area contributed by atoms with Gasteiger partial charge in [-0.25, -0.2) is 9.66 Å². The Balaban J connectivity index is 1.91. The number of nitrogens with zero attached hydrogens (tertiary/aromatic N) is 3. The fraction of sp³-hybridized carbons (Fsp3) is 0.0667. The first-order valence-electron chi connectivity index (χ1n) is 6.66. The average Bonchev–Trinajstić information content (AvgIpc) is 2.97. The van der Waals surface area contributed by atoms with E-state index in [1.807, 2.05) is 24.3 Å². The average molecular weight is 328 g/mol. The highest BCUT2D eigenvalue weighted by Crippen LogP contribution is 2.28. The zero-order chi connectivity index (χ0) is 16.4. The van der Waals surface area contributed by atoms with E-state index in [-0.39, 0.29) is 11.3 Å². The lowest BCUT2D eigenvalue weighted by atomic mass is 10.2. The first-order valence-corrected chi connectivity index (χ1v) is 7.88. The molecular formula is C15H12N4O3S. The maximum Gasteiger partial charge on any atom is 0.283 e. The van der Waals surface area contributed by atoms with Crippen LogP contribution < -0.4 is 5.43 Å². The molecule has 0 saturated carbocycles. The number of hydrogen-bond acceptors (Lipinski definition) is 5. The molecule has 3 rings (SSSR count). The molecule has 23 heavy (non-hydrogen) atoms. The molecule has 0 spiro atoms. The summed E-state index contributed by atoms with van der Waals surface area (Å²) in [5.41, 5.74) is 4.30. The number of nitro benzene ring substituents is 1. The monoisotopic (exact) mass is 328 g/mol. The van der Waals surface area contributed by atoms with Crippen molar-refractivity contribution >= 4 is 34.4 Å². The van der Waals surface area contributed by atoms with E-state index >= 15 is 0 Å². The first-order chi connectivity index (χ1) is 11.1. The summed E-state index contributed by atoms with van der Waals surface area (Å²) >= 11 is 1.26. The smallest absolute Gasteiger partial charge is 0.267 e. The highest BCUT2D eigenvalue weighted by molar-refractivity contribution is 7.98. The standard InChI is InChI=1S/C15H12N4O3S/c1-23-14-7-6-10(8-13(14)19(21)22)15(20)17-18-9-16-11-4-2-3-5-12(11)18/h2-9H,1H3,(H,17,20). The SMILES string of the molecule is CSc1ccc(C(=O)Nn2cnc3ccccc32)cc1[N+](=O)[O-]. The van der Waals surface area contributed by atoms with Gasteiger partial charge in [0.05, 0.1) is 20.9 Å². The van der Waals surface area contributed by atoms with Crippen LogP contribution in [0.2, 0.25) is 0 Å². The Kier molecular flexibility index (Phi) is 3.98. The van der Waals surface area contributed by atoms with E-state index in [4.69, 9.17) is 0 Å². The van der Waals surface area contributed by atoms with Crippen molar-refractivity contribution < 1.29 is 9.72 Å². The van der Waals surface area contributed by atoms with Crippen LogP contribution in [0.5, 0.6) is 0 Å². The molecule has 1 aromatic heterocycles. The Morgan fingerprint density at radius 1 is 1.30 bits per heavy atom. The third kappa shape index (κ3) is 2.88. The van der Waals surface area contributed by atoms with Crippen LogP contribution in [0.15, 0.2) is 53.7 Å². The molecular weight excluding hydrogens is 316 g/mol. The molecule has 8 heteroatoms.